The molecule has 0 spiro atoms. The molecule has 4 rings (SSSR count). The maximum Gasteiger partial charge on any atom is 0.329 e. The fourth-order valence-electron chi connectivity index (χ4n) is 9.19. The summed E-state index contributed by atoms with van der Waals surface area (Å²) in [5.74, 6) is -8.03. The van der Waals surface area contributed by atoms with Gasteiger partial charge in [0.05, 0.1) is 30.5 Å². The number of hydrogen-bond acceptors (Lipinski definition) is 12. The van der Waals surface area contributed by atoms with Gasteiger partial charge in [0.25, 0.3) is 11.7 Å². The number of piperidine rings is 1. The van der Waals surface area contributed by atoms with Gasteiger partial charge in [-0.25, -0.2) is 4.79 Å². The average molecular weight is 790 g/mol. The second-order valence-electron chi connectivity index (χ2n) is 17.1. The molecule has 7 unspecified atom stereocenters. The topological polar surface area (TPSA) is 189 Å². The number of hydrogen-bond donors (Lipinski definition) is 4. The Kier molecular flexibility index (Phi) is 16.6. The molecule has 1 aliphatic carbocycles. The van der Waals surface area contributed by atoms with E-state index in [-0.39, 0.29) is 43.4 Å². The van der Waals surface area contributed by atoms with Crippen molar-refractivity contribution in [2.45, 2.75) is 160 Å². The molecule has 3 fully saturated rings. The highest BCUT2D eigenvalue weighted by atomic mass is 16.7. The highest BCUT2D eigenvalue weighted by Gasteiger charge is 2.56. The minimum absolute atomic E-state index is 0.00242. The van der Waals surface area contributed by atoms with Crippen molar-refractivity contribution in [2.24, 2.45) is 29.6 Å². The normalized spacial score (nSPS) is 41.5. The van der Waals surface area contributed by atoms with Crippen LogP contribution in [0.2, 0.25) is 0 Å². The van der Waals surface area contributed by atoms with Crippen molar-refractivity contribution in [3.05, 3.63) is 36.0 Å². The molecule has 13 heteroatoms. The third-order valence-corrected chi connectivity index (χ3v) is 12.6. The van der Waals surface area contributed by atoms with Gasteiger partial charge in [-0.3, -0.25) is 14.4 Å². The lowest BCUT2D eigenvalue weighted by Gasteiger charge is -2.47. The monoisotopic (exact) mass is 789 g/mol. The van der Waals surface area contributed by atoms with Crippen LogP contribution in [0.5, 0.6) is 0 Å². The van der Waals surface area contributed by atoms with Crippen molar-refractivity contribution >= 4 is 23.4 Å². The van der Waals surface area contributed by atoms with Crippen LogP contribution < -0.4 is 0 Å². The minimum Gasteiger partial charge on any atom is -0.456 e. The molecular formula is C43H67NO12. The van der Waals surface area contributed by atoms with E-state index in [4.69, 9.17) is 18.9 Å². The van der Waals surface area contributed by atoms with E-state index in [2.05, 4.69) is 6.58 Å². The number of aliphatic hydroxyl groups excluding tert-OH is 3. The maximum atomic E-state index is 14.2. The van der Waals surface area contributed by atoms with E-state index in [0.29, 0.717) is 56.9 Å². The summed E-state index contributed by atoms with van der Waals surface area (Å²) in [5, 5.41) is 44.1. The van der Waals surface area contributed by atoms with E-state index in [0.717, 1.165) is 10.5 Å². The number of nitrogens with zero attached hydrogens (tertiary/aromatic N) is 1. The number of aliphatic hydroxyl groups is 4. The number of carbonyl (C=O) groups is 4. The van der Waals surface area contributed by atoms with Gasteiger partial charge in [-0.15, -0.1) is 6.58 Å². The molecule has 0 aromatic heterocycles. The van der Waals surface area contributed by atoms with Crippen molar-refractivity contribution in [3.63, 3.8) is 0 Å². The van der Waals surface area contributed by atoms with Crippen LogP contribution in [-0.4, -0.2) is 124 Å². The molecule has 2 saturated heterocycles. The molecular weight excluding hydrogens is 722 g/mol. The molecule has 13 nitrogen and oxygen atoms in total. The van der Waals surface area contributed by atoms with E-state index in [1.807, 2.05) is 26.0 Å². The van der Waals surface area contributed by atoms with Crippen LogP contribution in [-0.2, 0) is 38.1 Å². The maximum absolute atomic E-state index is 14.2. The first-order chi connectivity index (χ1) is 26.4. The van der Waals surface area contributed by atoms with E-state index >= 15 is 0 Å². The molecule has 0 aromatic rings. The van der Waals surface area contributed by atoms with Crippen molar-refractivity contribution in [1.82, 2.24) is 4.90 Å². The number of ether oxygens (including phenoxy) is 4. The number of methoxy groups -OCH3 is 2. The number of Topliss-reactive ketones (excluding diaryl/α,β-unsaturated/α-hetero) is 2. The molecule has 1 saturated carbocycles. The van der Waals surface area contributed by atoms with Gasteiger partial charge in [-0.05, 0) is 95.5 Å². The summed E-state index contributed by atoms with van der Waals surface area (Å²) in [6.07, 6.45) is 3.36. The summed E-state index contributed by atoms with van der Waals surface area (Å²) in [5.41, 5.74) is 1.54. The molecule has 316 valence electrons. The molecule has 1 amide bonds. The van der Waals surface area contributed by atoms with E-state index < -0.39 is 90.0 Å². The number of carbonyl (C=O) groups excluding carboxylic acids is 4. The van der Waals surface area contributed by atoms with Gasteiger partial charge in [0.2, 0.25) is 5.79 Å². The van der Waals surface area contributed by atoms with Crippen molar-refractivity contribution in [2.75, 3.05) is 20.8 Å². The van der Waals surface area contributed by atoms with Gasteiger partial charge < -0.3 is 44.3 Å². The molecule has 4 N–H and O–H groups in total. The number of fused-ring (bicyclic) bond motifs is 3. The highest BCUT2D eigenvalue weighted by molar-refractivity contribution is 6.39. The number of esters is 1. The third-order valence-electron chi connectivity index (χ3n) is 12.6. The third kappa shape index (κ3) is 10.8. The molecule has 3 aliphatic heterocycles. The summed E-state index contributed by atoms with van der Waals surface area (Å²) in [7, 11) is 3.04. The smallest absolute Gasteiger partial charge is 0.329 e. The lowest BCUT2D eigenvalue weighted by molar-refractivity contribution is -0.302. The SMILES string of the molecule is C=CC[C@@H]1/C=C(\C)C[C@H](C)C[C@H](OC)C2OC(O)(C(=O)C(=O)N3CCCCC3C(=O)O[C@H](/C(C)=C/C3CC[C@@H](O)C(O)C3)[C@H](C)[C@@H](O)CC1=O)C(C)CC2OC. The molecule has 2 bridgehead atoms. The predicted molar refractivity (Wildman–Crippen MR) is 208 cm³/mol. The Bertz CT molecular complexity index is 1460. The fourth-order valence-corrected chi connectivity index (χ4v) is 9.19. The van der Waals surface area contributed by atoms with Gasteiger partial charge in [-0.2, -0.15) is 0 Å². The zero-order valence-electron chi connectivity index (χ0n) is 34.4. The van der Waals surface area contributed by atoms with Crippen LogP contribution >= 0.6 is 0 Å². The lowest BCUT2D eigenvalue weighted by Crippen LogP contribution is -2.64. The summed E-state index contributed by atoms with van der Waals surface area (Å²) >= 11 is 0. The van der Waals surface area contributed by atoms with Gasteiger partial charge in [0, 0.05) is 44.9 Å². The molecule has 0 aromatic carbocycles. The Hall–Kier alpha value is -2.78. The number of cyclic esters (lactones) is 1. The zero-order chi connectivity index (χ0) is 41.5. The van der Waals surface area contributed by atoms with Crippen LogP contribution in [0.4, 0.5) is 0 Å². The van der Waals surface area contributed by atoms with Crippen molar-refractivity contribution in [3.8, 4) is 0 Å². The second-order valence-corrected chi connectivity index (χ2v) is 17.1. The van der Waals surface area contributed by atoms with Crippen molar-refractivity contribution in [1.29, 1.82) is 0 Å². The van der Waals surface area contributed by atoms with E-state index in [1.165, 1.54) is 14.2 Å². The molecule has 0 radical (unpaired) electrons. The van der Waals surface area contributed by atoms with Gasteiger partial charge >= 0.3 is 5.97 Å². The van der Waals surface area contributed by atoms with Gasteiger partial charge in [0.1, 0.15) is 24.0 Å². The first-order valence-corrected chi connectivity index (χ1v) is 20.5. The summed E-state index contributed by atoms with van der Waals surface area (Å²) in [6, 6.07) is -1.16. The highest BCUT2D eigenvalue weighted by Crippen LogP contribution is 2.39. The first kappa shape index (κ1) is 45.9. The van der Waals surface area contributed by atoms with Crippen LogP contribution in [0.3, 0.4) is 0 Å². The van der Waals surface area contributed by atoms with E-state index in [1.54, 1.807) is 26.8 Å². The van der Waals surface area contributed by atoms with Crippen molar-refractivity contribution < 1.29 is 58.6 Å². The second kappa shape index (κ2) is 20.3. The predicted octanol–water partition coefficient (Wildman–Crippen LogP) is 3.98. The van der Waals surface area contributed by atoms with Crippen LogP contribution in [0.25, 0.3) is 0 Å². The Labute approximate surface area is 332 Å². The van der Waals surface area contributed by atoms with Gasteiger partial charge in [-0.1, -0.05) is 44.6 Å². The standard InChI is InChI=1S/C43H67NO12/c1-9-12-30-18-24(2)17-25(3)19-36(53-7)39-37(54-8)21-27(5)43(52,56-39)40(49)41(50)44-16-11-10-13-31(44)42(51)55-38(28(6)33(46)23-34(30)47)26(4)20-29-14-15-32(45)35(48)22-29/h9,18,20,25,27-33,35-39,45-46,48,52H,1,10-17,19,21-23H2,2-8H3/b24-18+,26-20+/t25-,27?,28+,29?,30+,31?,32+,33-,35?,36-,37?,38+,39?,43?/m0/s1. The molecule has 3 heterocycles. The fraction of sp³-hybridized carbons (Fsp3) is 0.767. The van der Waals surface area contributed by atoms with Gasteiger partial charge in [0.15, 0.2) is 0 Å². The Balaban J connectivity index is 1.78. The number of rotatable bonds is 6. The summed E-state index contributed by atoms with van der Waals surface area (Å²) in [6.45, 7) is 13.0. The zero-order valence-corrected chi connectivity index (χ0v) is 34.4. The Morgan fingerprint density at radius 1 is 0.946 bits per heavy atom. The Morgan fingerprint density at radius 2 is 1.62 bits per heavy atom. The van der Waals surface area contributed by atoms with E-state index in [9.17, 15) is 39.6 Å². The summed E-state index contributed by atoms with van der Waals surface area (Å²) in [4.78, 5) is 57.6. The number of ketones is 2. The quantitative estimate of drug-likeness (QED) is 0.172. The molecule has 4 aliphatic rings. The largest absolute Gasteiger partial charge is 0.456 e. The minimum atomic E-state index is -2.52. The molecule has 14 atom stereocenters. The average Bonchev–Trinajstić information content (AvgIpc) is 3.16. The number of allylic oxidation sites excluding steroid dienone is 4. The lowest BCUT2D eigenvalue weighted by atomic mass is 9.81. The van der Waals surface area contributed by atoms with Crippen LogP contribution in [0.15, 0.2) is 36.0 Å². The first-order valence-electron chi connectivity index (χ1n) is 20.5. The van der Waals surface area contributed by atoms with Crippen LogP contribution in [0.1, 0.15) is 105 Å². The Morgan fingerprint density at radius 3 is 2.27 bits per heavy atom. The summed E-state index contributed by atoms with van der Waals surface area (Å²) < 4.78 is 24.1. The number of amides is 1. The van der Waals surface area contributed by atoms with Crippen LogP contribution in [0, 0.1) is 29.6 Å². The molecule has 56 heavy (non-hydrogen) atoms.